The first-order valence-electron chi connectivity index (χ1n) is 6.52. The summed E-state index contributed by atoms with van der Waals surface area (Å²) in [6.45, 7) is 8.23. The highest BCUT2D eigenvalue weighted by Crippen LogP contribution is 2.19. The van der Waals surface area contributed by atoms with Gasteiger partial charge in [-0.05, 0) is 32.6 Å². The van der Waals surface area contributed by atoms with Crippen molar-refractivity contribution in [2.45, 2.75) is 32.1 Å². The van der Waals surface area contributed by atoms with Gasteiger partial charge in [-0.3, -0.25) is 4.99 Å². The Hall–Kier alpha value is -0.430. The average Bonchev–Trinajstić information content (AvgIpc) is 2.39. The number of guanidine groups is 1. The van der Waals surface area contributed by atoms with Gasteiger partial charge >= 0.3 is 0 Å². The van der Waals surface area contributed by atoms with Crippen molar-refractivity contribution >= 4 is 41.7 Å². The summed E-state index contributed by atoms with van der Waals surface area (Å²) >= 11 is 1.85. The second-order valence-electron chi connectivity index (χ2n) is 5.23. The first-order valence-corrected chi connectivity index (χ1v) is 7.74. The monoisotopic (exact) mass is 407 g/mol. The topological polar surface area (TPSA) is 36.4 Å². The van der Waals surface area contributed by atoms with E-state index in [1.54, 1.807) is 7.05 Å². The van der Waals surface area contributed by atoms with Crippen molar-refractivity contribution in [1.29, 1.82) is 0 Å². The smallest absolute Gasteiger partial charge is 0.191 e. The Kier molecular flexibility index (Phi) is 9.29. The molecule has 0 bridgehead atoms. The van der Waals surface area contributed by atoms with Gasteiger partial charge in [0.25, 0.3) is 0 Å². The molecule has 0 atom stereocenters. The van der Waals surface area contributed by atoms with Gasteiger partial charge in [0.15, 0.2) is 5.96 Å². The van der Waals surface area contributed by atoms with Gasteiger partial charge in [-0.2, -0.15) is 11.8 Å². The molecular weight excluding hydrogens is 381 g/mol. The Labute approximate surface area is 144 Å². The van der Waals surface area contributed by atoms with Crippen LogP contribution in [-0.4, -0.2) is 30.6 Å². The zero-order chi connectivity index (χ0) is 14.3. The zero-order valence-electron chi connectivity index (χ0n) is 13.0. The van der Waals surface area contributed by atoms with Crippen molar-refractivity contribution in [3.8, 4) is 0 Å². The number of hydrogen-bond donors (Lipinski definition) is 2. The van der Waals surface area contributed by atoms with Crippen LogP contribution in [0.5, 0.6) is 0 Å². The molecule has 0 amide bonds. The molecule has 3 nitrogen and oxygen atoms in total. The molecule has 0 unspecified atom stereocenters. The van der Waals surface area contributed by atoms with Crippen LogP contribution in [0, 0.1) is 6.92 Å². The molecule has 0 radical (unpaired) electrons. The van der Waals surface area contributed by atoms with Crippen molar-refractivity contribution in [3.63, 3.8) is 0 Å². The van der Waals surface area contributed by atoms with E-state index in [1.807, 2.05) is 11.8 Å². The predicted molar refractivity (Wildman–Crippen MR) is 102 cm³/mol. The molecular formula is C15H26IN3S. The molecule has 0 spiro atoms. The van der Waals surface area contributed by atoms with Crippen LogP contribution in [0.3, 0.4) is 0 Å². The molecule has 1 rings (SSSR count). The summed E-state index contributed by atoms with van der Waals surface area (Å²) in [5.74, 6) is 0.851. The standard InChI is InChI=1S/C15H25N3S.HI/c1-12-7-6-8-13(9-12)10-17-14(16-4)18-11-15(2,3)19-5;/h6-9H,10-11H2,1-5H3,(H2,16,17,18);1H. The van der Waals surface area contributed by atoms with Crippen LogP contribution in [0.25, 0.3) is 0 Å². The minimum Gasteiger partial charge on any atom is -0.355 e. The van der Waals surface area contributed by atoms with Gasteiger partial charge < -0.3 is 10.6 Å². The van der Waals surface area contributed by atoms with E-state index in [-0.39, 0.29) is 28.7 Å². The molecule has 0 aliphatic carbocycles. The van der Waals surface area contributed by atoms with Gasteiger partial charge in [0, 0.05) is 24.9 Å². The predicted octanol–water partition coefficient (Wildman–Crippen LogP) is 3.42. The lowest BCUT2D eigenvalue weighted by atomic mass is 10.1. The molecule has 0 fully saturated rings. The SMILES string of the molecule is CN=C(NCc1cccc(C)c1)NCC(C)(C)SC.I. The zero-order valence-corrected chi connectivity index (χ0v) is 16.1. The Morgan fingerprint density at radius 1 is 1.30 bits per heavy atom. The number of aryl methyl sites for hydroxylation is 1. The molecule has 0 saturated carbocycles. The van der Waals surface area contributed by atoms with Crippen LogP contribution >= 0.6 is 35.7 Å². The van der Waals surface area contributed by atoms with Crippen molar-refractivity contribution in [2.75, 3.05) is 19.8 Å². The fourth-order valence-corrected chi connectivity index (χ4v) is 1.81. The van der Waals surface area contributed by atoms with Crippen LogP contribution in [-0.2, 0) is 6.54 Å². The summed E-state index contributed by atoms with van der Waals surface area (Å²) < 4.78 is 0.209. The van der Waals surface area contributed by atoms with Crippen LogP contribution in [0.1, 0.15) is 25.0 Å². The third-order valence-corrected chi connectivity index (χ3v) is 4.25. The third kappa shape index (κ3) is 7.38. The number of rotatable bonds is 5. The van der Waals surface area contributed by atoms with E-state index in [1.165, 1.54) is 11.1 Å². The first kappa shape index (κ1) is 19.6. The summed E-state index contributed by atoms with van der Waals surface area (Å²) in [5.41, 5.74) is 2.55. The average molecular weight is 407 g/mol. The molecule has 1 aromatic carbocycles. The minimum absolute atomic E-state index is 0. The van der Waals surface area contributed by atoms with E-state index >= 15 is 0 Å². The number of benzene rings is 1. The van der Waals surface area contributed by atoms with E-state index < -0.39 is 0 Å². The highest BCUT2D eigenvalue weighted by atomic mass is 127. The number of nitrogens with one attached hydrogen (secondary N) is 2. The summed E-state index contributed by atoms with van der Waals surface area (Å²) in [6, 6.07) is 8.50. The Morgan fingerprint density at radius 2 is 2.00 bits per heavy atom. The lowest BCUT2D eigenvalue weighted by molar-refractivity contribution is 0.664. The molecule has 20 heavy (non-hydrogen) atoms. The van der Waals surface area contributed by atoms with Crippen molar-refractivity contribution < 1.29 is 0 Å². The molecule has 0 aliphatic heterocycles. The summed E-state index contributed by atoms with van der Waals surface area (Å²) in [5, 5.41) is 6.70. The largest absolute Gasteiger partial charge is 0.355 e. The highest BCUT2D eigenvalue weighted by Gasteiger charge is 2.15. The summed E-state index contributed by atoms with van der Waals surface area (Å²) in [7, 11) is 1.80. The maximum atomic E-state index is 4.25. The molecule has 0 aliphatic rings. The van der Waals surface area contributed by atoms with Gasteiger partial charge in [0.2, 0.25) is 0 Å². The highest BCUT2D eigenvalue weighted by molar-refractivity contribution is 14.0. The molecule has 2 N–H and O–H groups in total. The molecule has 0 heterocycles. The Bertz CT molecular complexity index is 433. The van der Waals surface area contributed by atoms with E-state index in [0.717, 1.165) is 19.0 Å². The van der Waals surface area contributed by atoms with Gasteiger partial charge in [0.05, 0.1) is 0 Å². The van der Waals surface area contributed by atoms with Gasteiger partial charge in [-0.1, -0.05) is 29.8 Å². The molecule has 114 valence electrons. The second-order valence-corrected chi connectivity index (χ2v) is 6.75. The van der Waals surface area contributed by atoms with Crippen molar-refractivity contribution in [2.24, 2.45) is 4.99 Å². The van der Waals surface area contributed by atoms with E-state index in [4.69, 9.17) is 0 Å². The molecule has 0 aromatic heterocycles. The Balaban J connectivity index is 0.00000361. The normalized spacial score (nSPS) is 11.8. The lowest BCUT2D eigenvalue weighted by Gasteiger charge is -2.23. The van der Waals surface area contributed by atoms with Crippen molar-refractivity contribution in [3.05, 3.63) is 35.4 Å². The van der Waals surface area contributed by atoms with Crippen molar-refractivity contribution in [1.82, 2.24) is 10.6 Å². The quantitative estimate of drug-likeness (QED) is 0.446. The molecule has 0 saturated heterocycles. The van der Waals surface area contributed by atoms with Gasteiger partial charge in [-0.15, -0.1) is 24.0 Å². The van der Waals surface area contributed by atoms with E-state index in [9.17, 15) is 0 Å². The number of hydrogen-bond acceptors (Lipinski definition) is 2. The van der Waals surface area contributed by atoms with Gasteiger partial charge in [0.1, 0.15) is 0 Å². The Morgan fingerprint density at radius 3 is 2.55 bits per heavy atom. The summed E-state index contributed by atoms with van der Waals surface area (Å²) in [6.07, 6.45) is 2.13. The maximum absolute atomic E-state index is 4.25. The second kappa shape index (κ2) is 9.50. The number of aliphatic imine (C=N–C) groups is 1. The van der Waals surface area contributed by atoms with Crippen LogP contribution in [0.2, 0.25) is 0 Å². The van der Waals surface area contributed by atoms with Gasteiger partial charge in [-0.25, -0.2) is 0 Å². The lowest BCUT2D eigenvalue weighted by Crippen LogP contribution is -2.42. The number of halogens is 1. The fourth-order valence-electron chi connectivity index (χ4n) is 1.60. The van der Waals surface area contributed by atoms with E-state index in [0.29, 0.717) is 0 Å². The number of nitrogens with zero attached hydrogens (tertiary/aromatic N) is 1. The molecule has 5 heteroatoms. The third-order valence-electron chi connectivity index (χ3n) is 3.00. The van der Waals surface area contributed by atoms with Crippen LogP contribution < -0.4 is 10.6 Å². The molecule has 1 aromatic rings. The first-order chi connectivity index (χ1) is 8.96. The maximum Gasteiger partial charge on any atom is 0.191 e. The summed E-state index contributed by atoms with van der Waals surface area (Å²) in [4.78, 5) is 4.25. The van der Waals surface area contributed by atoms with E-state index in [2.05, 4.69) is 66.9 Å². The van der Waals surface area contributed by atoms with Crippen LogP contribution in [0.4, 0.5) is 0 Å². The van der Waals surface area contributed by atoms with Crippen LogP contribution in [0.15, 0.2) is 29.3 Å². The minimum atomic E-state index is 0. The number of thioether (sulfide) groups is 1. The fraction of sp³-hybridized carbons (Fsp3) is 0.533.